The van der Waals surface area contributed by atoms with Gasteiger partial charge in [-0.05, 0) is 31.2 Å². The van der Waals surface area contributed by atoms with Gasteiger partial charge in [0.2, 0.25) is 5.43 Å². The Morgan fingerprint density at radius 1 is 1.10 bits per heavy atom. The fourth-order valence-corrected chi connectivity index (χ4v) is 3.05. The number of nitro groups is 1. The number of aryl methyl sites for hydroxylation is 1. The smallest absolute Gasteiger partial charge is 0.320 e. The lowest BCUT2D eigenvalue weighted by atomic mass is 10.2. The average Bonchev–Trinajstić information content (AvgIpc) is 3.07. The van der Waals surface area contributed by atoms with Gasteiger partial charge in [-0.3, -0.25) is 19.7 Å². The van der Waals surface area contributed by atoms with Gasteiger partial charge in [0, 0.05) is 23.5 Å². The molecule has 2 heterocycles. The monoisotopic (exact) mass is 406 g/mol. The minimum absolute atomic E-state index is 0.125. The van der Waals surface area contributed by atoms with E-state index in [9.17, 15) is 24.5 Å². The second kappa shape index (κ2) is 7.13. The van der Waals surface area contributed by atoms with Crippen molar-refractivity contribution < 1.29 is 9.72 Å². The highest BCUT2D eigenvalue weighted by Gasteiger charge is 2.20. The summed E-state index contributed by atoms with van der Waals surface area (Å²) in [5.74, 6) is -0.787. The Labute approximate surface area is 167 Å². The third-order valence-electron chi connectivity index (χ3n) is 4.40. The number of aromatic amines is 2. The van der Waals surface area contributed by atoms with Crippen LogP contribution in [0.5, 0.6) is 0 Å². The van der Waals surface area contributed by atoms with Gasteiger partial charge >= 0.3 is 5.69 Å². The van der Waals surface area contributed by atoms with Crippen molar-refractivity contribution in [1.82, 2.24) is 19.7 Å². The molecule has 150 valence electrons. The molecule has 0 aliphatic heterocycles. The molecule has 0 atom stereocenters. The fraction of sp³-hybridized carbons (Fsp3) is 0.0526. The molecule has 0 bridgehead atoms. The zero-order chi connectivity index (χ0) is 21.4. The molecule has 11 heteroatoms. The van der Waals surface area contributed by atoms with E-state index in [1.807, 2.05) is 0 Å². The van der Waals surface area contributed by atoms with Gasteiger partial charge in [0.15, 0.2) is 5.69 Å². The van der Waals surface area contributed by atoms with Gasteiger partial charge in [-0.25, -0.2) is 9.48 Å². The van der Waals surface area contributed by atoms with E-state index in [1.54, 1.807) is 25.1 Å². The number of rotatable bonds is 4. The summed E-state index contributed by atoms with van der Waals surface area (Å²) < 4.78 is 1.18. The Morgan fingerprint density at radius 3 is 2.60 bits per heavy atom. The van der Waals surface area contributed by atoms with Crippen LogP contribution in [0.1, 0.15) is 16.2 Å². The Balaban J connectivity index is 1.74. The molecule has 30 heavy (non-hydrogen) atoms. The molecule has 0 fully saturated rings. The van der Waals surface area contributed by atoms with Crippen LogP contribution in [0.2, 0.25) is 0 Å². The number of nitro benzene ring substituents is 1. The van der Waals surface area contributed by atoms with Gasteiger partial charge < -0.3 is 15.3 Å². The Morgan fingerprint density at radius 2 is 1.83 bits per heavy atom. The SMILES string of the molecule is Cc1cc(=O)c(C(=O)Nc2ccc3[nH]c(=O)[nH]c3c2)nn1-c1ccccc1[N+](=O)[O-]. The number of carbonyl (C=O) groups is 1. The predicted molar refractivity (Wildman–Crippen MR) is 108 cm³/mol. The highest BCUT2D eigenvalue weighted by atomic mass is 16.6. The molecule has 1 amide bonds. The van der Waals surface area contributed by atoms with Crippen LogP contribution in [-0.4, -0.2) is 30.6 Å². The molecular formula is C19H14N6O5. The number of anilines is 1. The third-order valence-corrected chi connectivity index (χ3v) is 4.40. The highest BCUT2D eigenvalue weighted by molar-refractivity contribution is 6.03. The van der Waals surface area contributed by atoms with Crippen LogP contribution in [0.4, 0.5) is 11.4 Å². The first-order valence-electron chi connectivity index (χ1n) is 8.71. The maximum atomic E-state index is 12.7. The van der Waals surface area contributed by atoms with E-state index in [2.05, 4.69) is 20.4 Å². The number of nitrogens with zero attached hydrogens (tertiary/aromatic N) is 3. The second-order valence-corrected chi connectivity index (χ2v) is 6.45. The standard InChI is InChI=1S/C19H14N6O5/c1-10-8-16(26)17(23-24(10)14-4-2-3-5-15(14)25(29)30)18(27)20-11-6-7-12-13(9-11)22-19(28)21-12/h2-9H,1H3,(H,20,27)(H2,21,22,28). The first-order chi connectivity index (χ1) is 14.3. The molecular weight excluding hydrogens is 392 g/mol. The lowest BCUT2D eigenvalue weighted by Crippen LogP contribution is -2.27. The van der Waals surface area contributed by atoms with Crippen molar-refractivity contribution in [3.8, 4) is 5.69 Å². The van der Waals surface area contributed by atoms with Crippen molar-refractivity contribution in [2.24, 2.45) is 0 Å². The number of aromatic nitrogens is 4. The molecule has 4 rings (SSSR count). The molecule has 0 radical (unpaired) electrons. The van der Waals surface area contributed by atoms with Gasteiger partial charge in [0.25, 0.3) is 11.6 Å². The molecule has 11 nitrogen and oxygen atoms in total. The average molecular weight is 406 g/mol. The predicted octanol–water partition coefficient (Wildman–Crippen LogP) is 1.87. The van der Waals surface area contributed by atoms with Gasteiger partial charge in [-0.15, -0.1) is 0 Å². The number of fused-ring (bicyclic) bond motifs is 1. The van der Waals surface area contributed by atoms with Crippen molar-refractivity contribution in [2.45, 2.75) is 6.92 Å². The molecule has 3 N–H and O–H groups in total. The van der Waals surface area contributed by atoms with Gasteiger partial charge in [-0.1, -0.05) is 12.1 Å². The molecule has 0 aliphatic carbocycles. The van der Waals surface area contributed by atoms with E-state index in [1.165, 1.54) is 35.0 Å². The van der Waals surface area contributed by atoms with Crippen molar-refractivity contribution >= 4 is 28.3 Å². The van der Waals surface area contributed by atoms with Crippen molar-refractivity contribution in [1.29, 1.82) is 0 Å². The summed E-state index contributed by atoms with van der Waals surface area (Å²) in [5, 5.41) is 18.0. The Hall–Kier alpha value is -4.54. The van der Waals surface area contributed by atoms with E-state index >= 15 is 0 Å². The van der Waals surface area contributed by atoms with Gasteiger partial charge in [0.05, 0.1) is 16.0 Å². The summed E-state index contributed by atoms with van der Waals surface area (Å²) in [6.45, 7) is 1.56. The van der Waals surface area contributed by atoms with Crippen molar-refractivity contribution in [2.75, 3.05) is 5.32 Å². The van der Waals surface area contributed by atoms with Crippen LogP contribution < -0.4 is 16.4 Å². The third kappa shape index (κ3) is 3.35. The van der Waals surface area contributed by atoms with Gasteiger partial charge in [0.1, 0.15) is 5.69 Å². The van der Waals surface area contributed by atoms with Crippen LogP contribution in [0.15, 0.2) is 58.1 Å². The van der Waals surface area contributed by atoms with E-state index in [0.29, 0.717) is 22.4 Å². The summed E-state index contributed by atoms with van der Waals surface area (Å²) in [6.07, 6.45) is 0. The zero-order valence-corrected chi connectivity index (χ0v) is 15.5. The summed E-state index contributed by atoms with van der Waals surface area (Å²) in [4.78, 5) is 52.3. The summed E-state index contributed by atoms with van der Waals surface area (Å²) in [5.41, 5.74) is 0.167. The molecule has 2 aromatic heterocycles. The van der Waals surface area contributed by atoms with Crippen LogP contribution in [0.3, 0.4) is 0 Å². The highest BCUT2D eigenvalue weighted by Crippen LogP contribution is 2.22. The lowest BCUT2D eigenvalue weighted by Gasteiger charge is -2.11. The molecule has 0 saturated carbocycles. The number of carbonyl (C=O) groups excluding carboxylic acids is 1. The number of benzene rings is 2. The largest absolute Gasteiger partial charge is 0.323 e. The minimum atomic E-state index is -0.787. The fourth-order valence-electron chi connectivity index (χ4n) is 3.05. The first kappa shape index (κ1) is 18.8. The first-order valence-corrected chi connectivity index (χ1v) is 8.71. The maximum Gasteiger partial charge on any atom is 0.323 e. The molecule has 0 unspecified atom stereocenters. The van der Waals surface area contributed by atoms with E-state index in [4.69, 9.17) is 0 Å². The maximum absolute atomic E-state index is 12.7. The van der Waals surface area contributed by atoms with Crippen LogP contribution in [-0.2, 0) is 0 Å². The van der Waals surface area contributed by atoms with Crippen molar-refractivity contribution in [3.05, 3.63) is 90.7 Å². The number of hydrogen-bond donors (Lipinski definition) is 3. The number of nitrogens with one attached hydrogen (secondary N) is 3. The topological polar surface area (TPSA) is 156 Å². The molecule has 2 aromatic carbocycles. The molecule has 4 aromatic rings. The van der Waals surface area contributed by atoms with Crippen LogP contribution in [0, 0.1) is 17.0 Å². The van der Waals surface area contributed by atoms with E-state index < -0.39 is 22.0 Å². The number of H-pyrrole nitrogens is 2. The molecule has 0 spiro atoms. The number of imidazole rings is 1. The molecule has 0 saturated heterocycles. The summed E-state index contributed by atoms with van der Waals surface area (Å²) in [7, 11) is 0. The normalized spacial score (nSPS) is 10.8. The van der Waals surface area contributed by atoms with E-state index in [-0.39, 0.29) is 17.1 Å². The zero-order valence-electron chi connectivity index (χ0n) is 15.5. The lowest BCUT2D eigenvalue weighted by molar-refractivity contribution is -0.384. The number of hydrogen-bond acceptors (Lipinski definition) is 6. The van der Waals surface area contributed by atoms with E-state index in [0.717, 1.165) is 0 Å². The summed E-state index contributed by atoms with van der Waals surface area (Å²) in [6, 6.07) is 11.7. The summed E-state index contributed by atoms with van der Waals surface area (Å²) >= 11 is 0. The minimum Gasteiger partial charge on any atom is -0.320 e. The van der Waals surface area contributed by atoms with Crippen LogP contribution >= 0.6 is 0 Å². The molecule has 0 aliphatic rings. The number of para-hydroxylation sites is 2. The van der Waals surface area contributed by atoms with Gasteiger partial charge in [-0.2, -0.15) is 5.10 Å². The Kier molecular flexibility index (Phi) is 4.47. The number of amides is 1. The Bertz CT molecular complexity index is 1430. The van der Waals surface area contributed by atoms with Crippen molar-refractivity contribution in [3.63, 3.8) is 0 Å². The van der Waals surface area contributed by atoms with Crippen LogP contribution in [0.25, 0.3) is 16.7 Å². The quantitative estimate of drug-likeness (QED) is 0.347. The second-order valence-electron chi connectivity index (χ2n) is 6.45.